The molecule has 0 fully saturated rings. The Bertz CT molecular complexity index is 1720. The first-order valence-corrected chi connectivity index (χ1v) is 15.2. The number of guanidine groups is 1. The molecule has 2 heterocycles. The highest BCUT2D eigenvalue weighted by Crippen LogP contribution is 2.20. The molecule has 4 atom stereocenters. The van der Waals surface area contributed by atoms with Gasteiger partial charge in [0, 0.05) is 54.8 Å². The van der Waals surface area contributed by atoms with Gasteiger partial charge >= 0.3 is 5.97 Å². The van der Waals surface area contributed by atoms with Crippen molar-refractivity contribution in [2.24, 2.45) is 22.2 Å². The third kappa shape index (κ3) is 10.1. The van der Waals surface area contributed by atoms with Crippen LogP contribution in [0.4, 0.5) is 0 Å². The number of hydrogen-bond donors (Lipinski definition) is 10. The molecule has 4 rings (SSSR count). The number of para-hydroxylation sites is 1. The highest BCUT2D eigenvalue weighted by Gasteiger charge is 2.31. The summed E-state index contributed by atoms with van der Waals surface area (Å²) in [7, 11) is 0. The third-order valence-corrected chi connectivity index (χ3v) is 7.63. The summed E-state index contributed by atoms with van der Waals surface area (Å²) in [4.78, 5) is 66.7. The van der Waals surface area contributed by atoms with E-state index in [4.69, 9.17) is 17.2 Å². The molecular weight excluding hydrogens is 620 g/mol. The van der Waals surface area contributed by atoms with Crippen molar-refractivity contribution in [3.8, 4) is 5.75 Å². The van der Waals surface area contributed by atoms with Gasteiger partial charge in [-0.15, -0.1) is 0 Å². The average molecular weight is 661 g/mol. The Morgan fingerprint density at radius 2 is 1.54 bits per heavy atom. The maximum atomic E-state index is 13.9. The molecule has 0 aliphatic carbocycles. The Labute approximate surface area is 275 Å². The van der Waals surface area contributed by atoms with Crippen LogP contribution in [0.15, 0.2) is 72.2 Å². The molecule has 16 heteroatoms. The Balaban J connectivity index is 1.55. The fourth-order valence-corrected chi connectivity index (χ4v) is 5.12. The summed E-state index contributed by atoms with van der Waals surface area (Å²) >= 11 is 0. The van der Waals surface area contributed by atoms with Crippen LogP contribution in [0.2, 0.25) is 0 Å². The number of benzene rings is 2. The van der Waals surface area contributed by atoms with Crippen molar-refractivity contribution >= 4 is 40.6 Å². The number of hydrogen-bond acceptors (Lipinski definition) is 8. The van der Waals surface area contributed by atoms with Gasteiger partial charge in [-0.25, -0.2) is 9.78 Å². The van der Waals surface area contributed by atoms with E-state index in [1.54, 1.807) is 24.5 Å². The number of carbonyl (C=O) groups excluding carboxylic acids is 3. The lowest BCUT2D eigenvalue weighted by molar-refractivity contribution is -0.142. The van der Waals surface area contributed by atoms with E-state index in [2.05, 4.69) is 35.9 Å². The fourth-order valence-electron chi connectivity index (χ4n) is 5.12. The van der Waals surface area contributed by atoms with E-state index in [9.17, 15) is 29.4 Å². The monoisotopic (exact) mass is 660 g/mol. The molecule has 254 valence electrons. The molecule has 48 heavy (non-hydrogen) atoms. The number of aromatic hydroxyl groups is 1. The molecule has 0 saturated carbocycles. The van der Waals surface area contributed by atoms with Crippen LogP contribution in [0.3, 0.4) is 0 Å². The predicted molar refractivity (Wildman–Crippen MR) is 177 cm³/mol. The van der Waals surface area contributed by atoms with Crippen LogP contribution in [-0.4, -0.2) is 85.5 Å². The number of imidazole rings is 1. The number of H-pyrrole nitrogens is 2. The molecule has 2 aromatic heterocycles. The maximum Gasteiger partial charge on any atom is 0.326 e. The summed E-state index contributed by atoms with van der Waals surface area (Å²) in [5.74, 6) is -3.47. The lowest BCUT2D eigenvalue weighted by Crippen LogP contribution is -2.58. The van der Waals surface area contributed by atoms with Crippen molar-refractivity contribution in [1.29, 1.82) is 0 Å². The zero-order chi connectivity index (χ0) is 34.6. The second-order valence-electron chi connectivity index (χ2n) is 11.3. The van der Waals surface area contributed by atoms with Crippen LogP contribution in [0.1, 0.15) is 29.7 Å². The lowest BCUT2D eigenvalue weighted by atomic mass is 10.0. The largest absolute Gasteiger partial charge is 0.508 e. The Kier molecular flexibility index (Phi) is 12.1. The zero-order valence-electron chi connectivity index (χ0n) is 26.1. The minimum Gasteiger partial charge on any atom is -0.508 e. The van der Waals surface area contributed by atoms with Crippen LogP contribution in [0.5, 0.6) is 5.75 Å². The number of carbonyl (C=O) groups is 4. The summed E-state index contributed by atoms with van der Waals surface area (Å²) in [6, 6.07) is 8.63. The van der Waals surface area contributed by atoms with Crippen LogP contribution in [0, 0.1) is 0 Å². The summed E-state index contributed by atoms with van der Waals surface area (Å²) in [6.07, 6.45) is 5.17. The fraction of sp³-hybridized carbons (Fsp3) is 0.312. The first-order valence-electron chi connectivity index (χ1n) is 15.2. The van der Waals surface area contributed by atoms with Gasteiger partial charge in [-0.05, 0) is 42.2 Å². The molecule has 4 aromatic rings. The maximum absolute atomic E-state index is 13.9. The number of carboxylic acid groups (broad SMARTS) is 1. The number of nitrogens with zero attached hydrogens (tertiary/aromatic N) is 2. The van der Waals surface area contributed by atoms with Crippen molar-refractivity contribution in [2.45, 2.75) is 56.3 Å². The topological polar surface area (TPSA) is 280 Å². The molecule has 4 unspecified atom stereocenters. The highest BCUT2D eigenvalue weighted by atomic mass is 16.4. The summed E-state index contributed by atoms with van der Waals surface area (Å²) in [5.41, 5.74) is 19.8. The Morgan fingerprint density at radius 1 is 0.854 bits per heavy atom. The normalized spacial score (nSPS) is 13.5. The molecule has 0 aliphatic heterocycles. The second kappa shape index (κ2) is 16.6. The van der Waals surface area contributed by atoms with Gasteiger partial charge in [-0.1, -0.05) is 30.3 Å². The minimum atomic E-state index is -1.35. The molecule has 2 aromatic carbocycles. The lowest BCUT2D eigenvalue weighted by Gasteiger charge is -2.25. The van der Waals surface area contributed by atoms with E-state index in [0.717, 1.165) is 16.5 Å². The summed E-state index contributed by atoms with van der Waals surface area (Å²) in [5, 5.41) is 28.2. The van der Waals surface area contributed by atoms with Crippen molar-refractivity contribution in [3.63, 3.8) is 0 Å². The number of aromatic nitrogens is 3. The van der Waals surface area contributed by atoms with E-state index < -0.39 is 47.9 Å². The van der Waals surface area contributed by atoms with Crippen LogP contribution in [-0.2, 0) is 38.4 Å². The number of phenols is 1. The quantitative estimate of drug-likeness (QED) is 0.0395. The number of carboxylic acids is 1. The first kappa shape index (κ1) is 35.0. The average Bonchev–Trinajstić information content (AvgIpc) is 3.72. The standard InChI is InChI=1S/C32H40N10O6/c33-23(14-20-16-36-17-39-20)28(44)41-26(13-19-15-38-24-5-2-1-4-22(19)24)30(46)40-25(6-3-11-37-32(34)35)29(45)42-27(31(47)48)12-18-7-9-21(43)10-8-18/h1-2,4-5,7-10,15-17,23,25-27,38,43H,3,6,11-14,33H2,(H,36,39)(H,40,46)(H,41,44)(H,42,45)(H,47,48)(H4,34,35,37). The van der Waals surface area contributed by atoms with Crippen molar-refractivity contribution in [1.82, 2.24) is 30.9 Å². The summed E-state index contributed by atoms with van der Waals surface area (Å²) in [6.45, 7) is 0.149. The van der Waals surface area contributed by atoms with Crippen LogP contribution < -0.4 is 33.2 Å². The van der Waals surface area contributed by atoms with Gasteiger partial charge < -0.3 is 53.3 Å². The van der Waals surface area contributed by atoms with Gasteiger partial charge in [0.05, 0.1) is 12.4 Å². The molecule has 0 bridgehead atoms. The van der Waals surface area contributed by atoms with E-state index in [1.807, 2.05) is 24.3 Å². The van der Waals surface area contributed by atoms with Crippen molar-refractivity contribution in [2.75, 3.05) is 6.54 Å². The van der Waals surface area contributed by atoms with E-state index in [0.29, 0.717) is 11.3 Å². The van der Waals surface area contributed by atoms with Gasteiger partial charge in [-0.2, -0.15) is 0 Å². The Morgan fingerprint density at radius 3 is 2.23 bits per heavy atom. The first-order chi connectivity index (χ1) is 23.0. The molecule has 0 aliphatic rings. The van der Waals surface area contributed by atoms with Gasteiger partial charge in [0.15, 0.2) is 5.96 Å². The molecule has 3 amide bonds. The SMILES string of the molecule is NC(N)=NCCCC(NC(=O)C(Cc1c[nH]c2ccccc12)NC(=O)C(N)Cc1cnc[nH]1)C(=O)NC(Cc1ccc(O)cc1)C(=O)O. The number of aromatic amines is 2. The zero-order valence-corrected chi connectivity index (χ0v) is 26.1. The molecule has 13 N–H and O–H groups in total. The van der Waals surface area contributed by atoms with Crippen LogP contribution >= 0.6 is 0 Å². The number of rotatable bonds is 17. The summed E-state index contributed by atoms with van der Waals surface area (Å²) < 4.78 is 0. The number of nitrogens with one attached hydrogen (secondary N) is 5. The second-order valence-corrected chi connectivity index (χ2v) is 11.3. The number of nitrogens with two attached hydrogens (primary N) is 3. The van der Waals surface area contributed by atoms with E-state index >= 15 is 0 Å². The number of fused-ring (bicyclic) bond motifs is 1. The molecular formula is C32H40N10O6. The van der Waals surface area contributed by atoms with Gasteiger partial charge in [0.2, 0.25) is 17.7 Å². The minimum absolute atomic E-state index is 0.00903. The highest BCUT2D eigenvalue weighted by molar-refractivity contribution is 5.95. The van der Waals surface area contributed by atoms with Crippen molar-refractivity contribution < 1.29 is 29.4 Å². The number of aliphatic carboxylic acids is 1. The molecule has 0 radical (unpaired) electrons. The number of phenolic OH excluding ortho intramolecular Hbond substituents is 1. The predicted octanol–water partition coefficient (Wildman–Crippen LogP) is -0.456. The van der Waals surface area contributed by atoms with E-state index in [-0.39, 0.29) is 50.4 Å². The number of aliphatic imine (C=N–C) groups is 1. The molecule has 0 spiro atoms. The number of amides is 3. The van der Waals surface area contributed by atoms with Crippen molar-refractivity contribution in [3.05, 3.63) is 84.1 Å². The van der Waals surface area contributed by atoms with E-state index in [1.165, 1.54) is 18.5 Å². The molecule has 0 saturated heterocycles. The molecule has 16 nitrogen and oxygen atoms in total. The smallest absolute Gasteiger partial charge is 0.326 e. The van der Waals surface area contributed by atoms with Gasteiger partial charge in [0.1, 0.15) is 23.9 Å². The van der Waals surface area contributed by atoms with Crippen LogP contribution in [0.25, 0.3) is 10.9 Å². The van der Waals surface area contributed by atoms with Gasteiger partial charge in [0.25, 0.3) is 0 Å². The third-order valence-electron chi connectivity index (χ3n) is 7.63. The Hall–Kier alpha value is -5.90. The van der Waals surface area contributed by atoms with Gasteiger partial charge in [-0.3, -0.25) is 19.4 Å².